The van der Waals surface area contributed by atoms with Gasteiger partial charge in [-0.1, -0.05) is 11.6 Å². The Labute approximate surface area is 115 Å². The third kappa shape index (κ3) is 6.42. The predicted molar refractivity (Wildman–Crippen MR) is 72.0 cm³/mol. The van der Waals surface area contributed by atoms with Crippen molar-refractivity contribution < 1.29 is 14.5 Å². The van der Waals surface area contributed by atoms with Crippen molar-refractivity contribution in [3.63, 3.8) is 0 Å². The Morgan fingerprint density at radius 2 is 2.11 bits per heavy atom. The van der Waals surface area contributed by atoms with E-state index in [1.165, 1.54) is 6.08 Å². The van der Waals surface area contributed by atoms with Crippen LogP contribution in [-0.4, -0.2) is 24.2 Å². The number of hydrogen-bond donors (Lipinski definition) is 1. The maximum absolute atomic E-state index is 11.4. The van der Waals surface area contributed by atoms with Crippen molar-refractivity contribution in [3.05, 3.63) is 51.1 Å². The van der Waals surface area contributed by atoms with Gasteiger partial charge in [-0.2, -0.15) is 0 Å². The summed E-state index contributed by atoms with van der Waals surface area (Å²) in [6, 6.07) is 6.55. The zero-order chi connectivity index (χ0) is 14.3. The number of hydrogen-bond acceptors (Lipinski definition) is 4. The lowest BCUT2D eigenvalue weighted by Gasteiger charge is -2.05. The highest BCUT2D eigenvalue weighted by atomic mass is 35.5. The van der Waals surface area contributed by atoms with Crippen LogP contribution >= 0.6 is 11.6 Å². The molecule has 0 fully saturated rings. The Balaban J connectivity index is 2.36. The van der Waals surface area contributed by atoms with Gasteiger partial charge in [0, 0.05) is 15.6 Å². The van der Waals surface area contributed by atoms with Crippen LogP contribution in [0.25, 0.3) is 0 Å². The number of carbonyl (C=O) groups excluding carboxylic acids is 1. The first-order chi connectivity index (χ1) is 8.97. The highest BCUT2D eigenvalue weighted by Gasteiger charge is 2.03. The van der Waals surface area contributed by atoms with Crippen LogP contribution in [0.5, 0.6) is 0 Å². The van der Waals surface area contributed by atoms with Gasteiger partial charge in [0.25, 0.3) is 0 Å². The minimum atomic E-state index is -0.632. The molecule has 0 bridgehead atoms. The number of benzene rings is 1. The van der Waals surface area contributed by atoms with Gasteiger partial charge in [-0.25, -0.2) is 4.79 Å². The molecular weight excluding hydrogens is 272 g/mol. The number of halogens is 1. The average molecular weight is 285 g/mol. The van der Waals surface area contributed by atoms with E-state index in [2.05, 4.69) is 5.32 Å². The van der Waals surface area contributed by atoms with Crippen LogP contribution in [0.15, 0.2) is 35.9 Å². The lowest BCUT2D eigenvalue weighted by atomic mass is 10.3. The number of ether oxygens (including phenoxy) is 1. The van der Waals surface area contributed by atoms with E-state index in [9.17, 15) is 14.9 Å². The van der Waals surface area contributed by atoms with E-state index in [0.29, 0.717) is 16.3 Å². The number of nitro groups is 1. The molecule has 1 rings (SSSR count). The van der Waals surface area contributed by atoms with Gasteiger partial charge in [0.2, 0.25) is 6.54 Å². The number of nitrogens with zero attached hydrogens (tertiary/aromatic N) is 1. The Morgan fingerprint density at radius 3 is 2.68 bits per heavy atom. The van der Waals surface area contributed by atoms with Crippen LogP contribution in [0, 0.1) is 10.1 Å². The van der Waals surface area contributed by atoms with Crippen molar-refractivity contribution in [1.82, 2.24) is 0 Å². The number of nitrogens with one attached hydrogen (secondary N) is 1. The molecule has 0 atom stereocenters. The van der Waals surface area contributed by atoms with E-state index in [-0.39, 0.29) is 13.2 Å². The van der Waals surface area contributed by atoms with Gasteiger partial charge < -0.3 is 4.74 Å². The molecule has 1 N–H and O–H groups in total. The summed E-state index contributed by atoms with van der Waals surface area (Å²) >= 11 is 5.70. The molecule has 0 aliphatic rings. The molecule has 0 spiro atoms. The number of amides is 1. The van der Waals surface area contributed by atoms with Gasteiger partial charge >= 0.3 is 6.09 Å². The molecule has 19 heavy (non-hydrogen) atoms. The van der Waals surface area contributed by atoms with Crippen molar-refractivity contribution in [2.45, 2.75) is 6.92 Å². The molecule has 1 aromatic rings. The Hall–Kier alpha value is -2.08. The van der Waals surface area contributed by atoms with Crippen LogP contribution in [-0.2, 0) is 4.74 Å². The molecule has 0 aliphatic heterocycles. The zero-order valence-corrected chi connectivity index (χ0v) is 11.0. The summed E-state index contributed by atoms with van der Waals surface area (Å²) in [6.45, 7) is 1.32. The Bertz CT molecular complexity index is 485. The third-order valence-corrected chi connectivity index (χ3v) is 2.37. The van der Waals surface area contributed by atoms with Crippen LogP contribution < -0.4 is 5.32 Å². The highest BCUT2D eigenvalue weighted by Crippen LogP contribution is 2.13. The number of anilines is 1. The van der Waals surface area contributed by atoms with Crippen molar-refractivity contribution in [2.75, 3.05) is 18.5 Å². The molecule has 0 heterocycles. The van der Waals surface area contributed by atoms with Crippen LogP contribution in [0.2, 0.25) is 5.02 Å². The lowest BCUT2D eigenvalue weighted by molar-refractivity contribution is -0.470. The summed E-state index contributed by atoms with van der Waals surface area (Å²) in [5.41, 5.74) is 1.09. The molecular formula is C12H13ClN2O4. The molecule has 0 saturated heterocycles. The van der Waals surface area contributed by atoms with Gasteiger partial charge in [0.1, 0.15) is 6.61 Å². The first-order valence-corrected chi connectivity index (χ1v) is 5.82. The van der Waals surface area contributed by atoms with E-state index in [1.54, 1.807) is 31.2 Å². The van der Waals surface area contributed by atoms with Gasteiger partial charge in [-0.15, -0.1) is 0 Å². The minimum absolute atomic E-state index is 0.0148. The Morgan fingerprint density at radius 1 is 1.47 bits per heavy atom. The normalized spacial score (nSPS) is 10.9. The van der Waals surface area contributed by atoms with Gasteiger partial charge in [0.15, 0.2) is 0 Å². The van der Waals surface area contributed by atoms with E-state index < -0.39 is 11.0 Å². The molecule has 0 saturated carbocycles. The summed E-state index contributed by atoms with van der Waals surface area (Å²) in [4.78, 5) is 21.1. The fourth-order valence-corrected chi connectivity index (χ4v) is 1.34. The predicted octanol–water partition coefficient (Wildman–Crippen LogP) is 3.11. The summed E-state index contributed by atoms with van der Waals surface area (Å²) in [6.07, 6.45) is 0.858. The fourth-order valence-electron chi connectivity index (χ4n) is 1.21. The quantitative estimate of drug-likeness (QED) is 0.512. The molecule has 7 heteroatoms. The van der Waals surface area contributed by atoms with Crippen molar-refractivity contribution in [2.24, 2.45) is 0 Å². The number of carbonyl (C=O) groups is 1. The lowest BCUT2D eigenvalue weighted by Crippen LogP contribution is -2.14. The monoisotopic (exact) mass is 284 g/mol. The minimum Gasteiger partial charge on any atom is -0.445 e. The molecule has 0 aliphatic carbocycles. The SMILES string of the molecule is CC(=CCOC(=O)Nc1ccc(Cl)cc1)C[N+](=O)[O-]. The summed E-state index contributed by atoms with van der Waals surface area (Å²) < 4.78 is 4.85. The van der Waals surface area contributed by atoms with Gasteiger partial charge in [-0.3, -0.25) is 15.4 Å². The molecule has 0 unspecified atom stereocenters. The fraction of sp³-hybridized carbons (Fsp3) is 0.250. The van der Waals surface area contributed by atoms with Crippen molar-refractivity contribution >= 4 is 23.4 Å². The second-order valence-corrected chi connectivity index (χ2v) is 4.21. The zero-order valence-electron chi connectivity index (χ0n) is 10.3. The third-order valence-electron chi connectivity index (χ3n) is 2.12. The molecule has 6 nitrogen and oxygen atoms in total. The van der Waals surface area contributed by atoms with Crippen LogP contribution in [0.4, 0.5) is 10.5 Å². The van der Waals surface area contributed by atoms with Crippen LogP contribution in [0.1, 0.15) is 6.92 Å². The summed E-state index contributed by atoms with van der Waals surface area (Å²) in [5, 5.41) is 13.3. The molecule has 1 aromatic carbocycles. The first kappa shape index (κ1) is 15.0. The van der Waals surface area contributed by atoms with E-state index >= 15 is 0 Å². The standard InChI is InChI=1S/C12H13ClN2O4/c1-9(8-15(17)18)6-7-19-12(16)14-11-4-2-10(13)3-5-11/h2-6H,7-8H2,1H3,(H,14,16). The molecule has 102 valence electrons. The molecule has 0 aromatic heterocycles. The Kier molecular flexibility index (Phi) is 5.81. The summed E-state index contributed by atoms with van der Waals surface area (Å²) in [5.74, 6) is 0. The molecule has 0 radical (unpaired) electrons. The smallest absolute Gasteiger partial charge is 0.411 e. The topological polar surface area (TPSA) is 81.5 Å². The van der Waals surface area contributed by atoms with E-state index in [1.807, 2.05) is 0 Å². The summed E-state index contributed by atoms with van der Waals surface area (Å²) in [7, 11) is 0. The van der Waals surface area contributed by atoms with Gasteiger partial charge in [-0.05, 0) is 42.8 Å². The average Bonchev–Trinajstić information content (AvgIpc) is 2.31. The second-order valence-electron chi connectivity index (χ2n) is 3.77. The maximum atomic E-state index is 11.4. The molecule has 1 amide bonds. The largest absolute Gasteiger partial charge is 0.445 e. The van der Waals surface area contributed by atoms with E-state index in [4.69, 9.17) is 16.3 Å². The maximum Gasteiger partial charge on any atom is 0.411 e. The number of rotatable bonds is 5. The second kappa shape index (κ2) is 7.38. The van der Waals surface area contributed by atoms with Crippen LogP contribution in [0.3, 0.4) is 0 Å². The first-order valence-electron chi connectivity index (χ1n) is 5.44. The van der Waals surface area contributed by atoms with Crippen molar-refractivity contribution in [1.29, 1.82) is 0 Å². The van der Waals surface area contributed by atoms with E-state index in [0.717, 1.165) is 0 Å². The van der Waals surface area contributed by atoms with Gasteiger partial charge in [0.05, 0.1) is 0 Å². The highest BCUT2D eigenvalue weighted by molar-refractivity contribution is 6.30. The van der Waals surface area contributed by atoms with Crippen molar-refractivity contribution in [3.8, 4) is 0 Å².